The summed E-state index contributed by atoms with van der Waals surface area (Å²) in [6.45, 7) is 12.5. The van der Waals surface area contributed by atoms with Crippen LogP contribution in [0.5, 0.6) is 0 Å². The number of hydrogen-bond donors (Lipinski definition) is 2. The molecule has 3 aromatic carbocycles. The van der Waals surface area contributed by atoms with Gasteiger partial charge >= 0.3 is 6.09 Å². The van der Waals surface area contributed by atoms with Crippen molar-refractivity contribution in [1.29, 1.82) is 5.26 Å². The number of hydrogen-bond acceptors (Lipinski definition) is 5. The second-order valence-electron chi connectivity index (χ2n) is 11.4. The van der Waals surface area contributed by atoms with Gasteiger partial charge in [0, 0.05) is 5.69 Å². The molecule has 3 atom stereocenters. The van der Waals surface area contributed by atoms with E-state index in [1.54, 1.807) is 32.9 Å². The highest BCUT2D eigenvalue weighted by Gasteiger charge is 2.38. The predicted molar refractivity (Wildman–Crippen MR) is 161 cm³/mol. The van der Waals surface area contributed by atoms with Crippen molar-refractivity contribution in [3.05, 3.63) is 77.4 Å². The van der Waals surface area contributed by atoms with Gasteiger partial charge in [0.25, 0.3) is 5.91 Å². The molecule has 3 rings (SSSR count). The van der Waals surface area contributed by atoms with Crippen LogP contribution >= 0.6 is 0 Å². The summed E-state index contributed by atoms with van der Waals surface area (Å²) in [5, 5.41) is 17.4. The average Bonchev–Trinajstić information content (AvgIpc) is 2.91. The molecule has 216 valence electrons. The summed E-state index contributed by atoms with van der Waals surface area (Å²) in [5.41, 5.74) is 2.35. The van der Waals surface area contributed by atoms with Gasteiger partial charge in [-0.1, -0.05) is 68.8 Å². The first-order valence-corrected chi connectivity index (χ1v) is 13.9. The van der Waals surface area contributed by atoms with Crippen molar-refractivity contribution in [3.8, 4) is 6.07 Å². The van der Waals surface area contributed by atoms with Gasteiger partial charge in [-0.25, -0.2) is 4.79 Å². The molecule has 0 saturated carbocycles. The number of aryl methyl sites for hydroxylation is 2. The maximum absolute atomic E-state index is 14.2. The fourth-order valence-corrected chi connectivity index (χ4v) is 4.55. The van der Waals surface area contributed by atoms with E-state index in [2.05, 4.69) is 16.7 Å². The Balaban J connectivity index is 2.05. The molecule has 0 aromatic heterocycles. The Kier molecular flexibility index (Phi) is 10.1. The molecule has 0 bridgehead atoms. The number of nitrogens with zero attached hydrogens (tertiary/aromatic N) is 2. The van der Waals surface area contributed by atoms with Crippen molar-refractivity contribution in [2.75, 3.05) is 11.9 Å². The SMILES string of the molecule is CCC(C)C(NC(=O)OC(C)(C)C)C(=O)N(CC#N)C(C(=O)Nc1ccc2ccccc2c1)c1ccc(C)c(C)c1. The van der Waals surface area contributed by atoms with Crippen molar-refractivity contribution < 1.29 is 19.1 Å². The van der Waals surface area contributed by atoms with Gasteiger partial charge in [-0.3, -0.25) is 9.59 Å². The molecule has 0 saturated heterocycles. The van der Waals surface area contributed by atoms with Crippen molar-refractivity contribution in [1.82, 2.24) is 10.2 Å². The smallest absolute Gasteiger partial charge is 0.408 e. The Morgan fingerprint density at radius 3 is 2.27 bits per heavy atom. The van der Waals surface area contributed by atoms with Crippen LogP contribution in [0.3, 0.4) is 0 Å². The van der Waals surface area contributed by atoms with Crippen LogP contribution in [-0.4, -0.2) is 41.0 Å². The molecule has 0 aliphatic carbocycles. The molecule has 3 aromatic rings. The van der Waals surface area contributed by atoms with E-state index in [1.165, 1.54) is 4.90 Å². The number of carbonyl (C=O) groups excluding carboxylic acids is 3. The molecule has 0 radical (unpaired) electrons. The Bertz CT molecular complexity index is 1450. The number of nitriles is 1. The van der Waals surface area contributed by atoms with E-state index in [1.807, 2.05) is 76.2 Å². The lowest BCUT2D eigenvalue weighted by Crippen LogP contribution is -2.54. The zero-order chi connectivity index (χ0) is 30.3. The summed E-state index contributed by atoms with van der Waals surface area (Å²) in [4.78, 5) is 42.1. The van der Waals surface area contributed by atoms with E-state index in [9.17, 15) is 19.6 Å². The van der Waals surface area contributed by atoms with Crippen LogP contribution in [0.4, 0.5) is 10.5 Å². The number of anilines is 1. The number of fused-ring (bicyclic) bond motifs is 1. The number of ether oxygens (including phenoxy) is 1. The molecule has 8 heteroatoms. The first kappa shape index (κ1) is 31.2. The number of amides is 3. The number of alkyl carbamates (subject to hydrolysis) is 1. The van der Waals surface area contributed by atoms with Crippen LogP contribution in [0.1, 0.15) is 63.8 Å². The number of carbonyl (C=O) groups is 3. The van der Waals surface area contributed by atoms with E-state index < -0.39 is 35.6 Å². The summed E-state index contributed by atoms with van der Waals surface area (Å²) >= 11 is 0. The standard InChI is InChI=1S/C33H40N4O4/c1-8-21(2)28(36-32(40)41-33(5,6)7)31(39)37(18-17-34)29(26-14-13-22(3)23(4)19-26)30(38)35-27-16-15-24-11-9-10-12-25(24)20-27/h9-16,19-21,28-29H,8,18H2,1-7H3,(H,35,38)(H,36,40). The maximum atomic E-state index is 14.2. The number of benzene rings is 3. The highest BCUT2D eigenvalue weighted by Crippen LogP contribution is 2.28. The quantitative estimate of drug-likeness (QED) is 0.295. The lowest BCUT2D eigenvalue weighted by Gasteiger charge is -2.34. The molecular formula is C33H40N4O4. The monoisotopic (exact) mass is 556 g/mol. The third-order valence-electron chi connectivity index (χ3n) is 7.10. The van der Waals surface area contributed by atoms with E-state index in [0.29, 0.717) is 17.7 Å². The molecule has 0 aliphatic rings. The largest absolute Gasteiger partial charge is 0.444 e. The zero-order valence-electron chi connectivity index (χ0n) is 24.9. The fraction of sp³-hybridized carbons (Fsp3) is 0.394. The minimum Gasteiger partial charge on any atom is -0.444 e. The fourth-order valence-electron chi connectivity index (χ4n) is 4.55. The lowest BCUT2D eigenvalue weighted by molar-refractivity contribution is -0.141. The molecule has 0 heterocycles. The Morgan fingerprint density at radius 1 is 0.976 bits per heavy atom. The third kappa shape index (κ3) is 8.07. The lowest BCUT2D eigenvalue weighted by atomic mass is 9.94. The Hall–Kier alpha value is -4.38. The van der Waals surface area contributed by atoms with Gasteiger partial charge in [-0.15, -0.1) is 0 Å². The minimum atomic E-state index is -1.13. The molecule has 2 N–H and O–H groups in total. The van der Waals surface area contributed by atoms with E-state index >= 15 is 0 Å². The first-order valence-electron chi connectivity index (χ1n) is 13.9. The molecular weight excluding hydrogens is 516 g/mol. The summed E-state index contributed by atoms with van der Waals surface area (Å²) in [7, 11) is 0. The van der Waals surface area contributed by atoms with Gasteiger partial charge in [0.15, 0.2) is 0 Å². The minimum absolute atomic E-state index is 0.292. The summed E-state index contributed by atoms with van der Waals surface area (Å²) < 4.78 is 5.42. The highest BCUT2D eigenvalue weighted by atomic mass is 16.6. The number of nitrogens with one attached hydrogen (secondary N) is 2. The molecule has 0 fully saturated rings. The normalized spacial score (nSPS) is 13.4. The van der Waals surface area contributed by atoms with Crippen LogP contribution in [-0.2, 0) is 14.3 Å². The molecule has 3 unspecified atom stereocenters. The summed E-state index contributed by atoms with van der Waals surface area (Å²) in [6.07, 6.45) is -0.166. The van der Waals surface area contributed by atoms with Gasteiger partial charge in [0.05, 0.1) is 6.07 Å². The van der Waals surface area contributed by atoms with Gasteiger partial charge in [-0.05, 0) is 80.1 Å². The summed E-state index contributed by atoms with van der Waals surface area (Å²) in [6, 6.07) is 18.9. The average molecular weight is 557 g/mol. The molecule has 41 heavy (non-hydrogen) atoms. The van der Waals surface area contributed by atoms with Crippen LogP contribution in [0.25, 0.3) is 10.8 Å². The van der Waals surface area contributed by atoms with Gasteiger partial charge in [0.2, 0.25) is 5.91 Å². The van der Waals surface area contributed by atoms with Gasteiger partial charge in [-0.2, -0.15) is 5.26 Å². The topological polar surface area (TPSA) is 112 Å². The second kappa shape index (κ2) is 13.3. The first-order chi connectivity index (χ1) is 19.3. The van der Waals surface area contributed by atoms with Crippen LogP contribution in [0.15, 0.2) is 60.7 Å². The van der Waals surface area contributed by atoms with Crippen molar-refractivity contribution in [2.45, 2.75) is 72.6 Å². The number of rotatable bonds is 9. The van der Waals surface area contributed by atoms with Crippen molar-refractivity contribution in [3.63, 3.8) is 0 Å². The Labute approximate surface area is 242 Å². The zero-order valence-corrected chi connectivity index (χ0v) is 24.9. The maximum Gasteiger partial charge on any atom is 0.408 e. The van der Waals surface area contributed by atoms with Crippen LogP contribution in [0, 0.1) is 31.1 Å². The second-order valence-corrected chi connectivity index (χ2v) is 11.4. The van der Waals surface area contributed by atoms with Gasteiger partial charge < -0.3 is 20.3 Å². The van der Waals surface area contributed by atoms with E-state index in [0.717, 1.165) is 21.9 Å². The van der Waals surface area contributed by atoms with Crippen LogP contribution < -0.4 is 10.6 Å². The third-order valence-corrected chi connectivity index (χ3v) is 7.10. The van der Waals surface area contributed by atoms with Crippen molar-refractivity contribution in [2.24, 2.45) is 5.92 Å². The predicted octanol–water partition coefficient (Wildman–Crippen LogP) is 6.43. The molecule has 8 nitrogen and oxygen atoms in total. The van der Waals surface area contributed by atoms with E-state index in [-0.39, 0.29) is 12.5 Å². The van der Waals surface area contributed by atoms with E-state index in [4.69, 9.17) is 4.74 Å². The summed E-state index contributed by atoms with van der Waals surface area (Å²) in [5.74, 6) is -1.30. The van der Waals surface area contributed by atoms with Gasteiger partial charge in [0.1, 0.15) is 24.2 Å². The van der Waals surface area contributed by atoms with Crippen molar-refractivity contribution >= 4 is 34.4 Å². The van der Waals surface area contributed by atoms with Crippen LogP contribution in [0.2, 0.25) is 0 Å². The highest BCUT2D eigenvalue weighted by molar-refractivity contribution is 6.00. The molecule has 0 aliphatic heterocycles. The Morgan fingerprint density at radius 2 is 1.66 bits per heavy atom. The molecule has 0 spiro atoms. The molecule has 3 amide bonds.